The van der Waals surface area contributed by atoms with Crippen LogP contribution >= 0.6 is 31.9 Å². The summed E-state index contributed by atoms with van der Waals surface area (Å²) in [6.07, 6.45) is -0.588. The van der Waals surface area contributed by atoms with Gasteiger partial charge >= 0.3 is 5.97 Å². The monoisotopic (exact) mass is 498 g/mol. The van der Waals surface area contributed by atoms with Gasteiger partial charge in [-0.15, -0.1) is 0 Å². The maximum atomic E-state index is 11.6. The summed E-state index contributed by atoms with van der Waals surface area (Å²) in [4.78, 5) is 22.2. The fourth-order valence-electron chi connectivity index (χ4n) is 2.52. The second-order valence-corrected chi connectivity index (χ2v) is 7.62. The number of rotatable bonds is 8. The second-order valence-electron chi connectivity index (χ2n) is 5.91. The molecule has 2 rings (SSSR count). The molecule has 2 aromatic carbocycles. The van der Waals surface area contributed by atoms with Crippen molar-refractivity contribution in [1.82, 2.24) is 0 Å². The lowest BCUT2D eigenvalue weighted by Gasteiger charge is -2.14. The number of hydrogen-bond donors (Lipinski definition) is 3. The van der Waals surface area contributed by atoms with E-state index in [0.29, 0.717) is 27.0 Å². The minimum atomic E-state index is -1.18. The van der Waals surface area contributed by atoms with Crippen molar-refractivity contribution in [2.45, 2.75) is 26.9 Å². The Kier molecular flexibility index (Phi) is 7.67. The molecular formula is C19H20Br2N2O4. The number of aryl methyl sites for hydroxylation is 1. The van der Waals surface area contributed by atoms with Crippen molar-refractivity contribution in [2.24, 2.45) is 0 Å². The number of ether oxygens (including phenoxy) is 1. The number of carboxylic acid groups (broad SMARTS) is 1. The summed E-state index contributed by atoms with van der Waals surface area (Å²) < 4.78 is 7.22. The molecule has 2 aromatic rings. The largest absolute Gasteiger partial charge is 0.487 e. The first-order valence-electron chi connectivity index (χ1n) is 8.26. The highest BCUT2D eigenvalue weighted by Crippen LogP contribution is 2.37. The standard InChI is InChI=1S/C19H20Br2N2O4/c1-3-22-13-5-11(2)4-12(6-13)10-27-19-15(20)7-14(8-16(19)21)23-17(24)9-18(25)26/h4-8,22H,3,9-10H2,1-2H3,(H,23,24)(H,25,26). The first-order chi connectivity index (χ1) is 12.8. The fourth-order valence-corrected chi connectivity index (χ4v) is 3.94. The summed E-state index contributed by atoms with van der Waals surface area (Å²) in [5.41, 5.74) is 3.69. The second kappa shape index (κ2) is 9.75. The highest BCUT2D eigenvalue weighted by Gasteiger charge is 2.13. The summed E-state index contributed by atoms with van der Waals surface area (Å²) in [6.45, 7) is 5.30. The number of carboxylic acids is 1. The Morgan fingerprint density at radius 1 is 1.07 bits per heavy atom. The molecule has 0 bridgehead atoms. The number of hydrogen-bond acceptors (Lipinski definition) is 4. The third-order valence-corrected chi connectivity index (χ3v) is 4.67. The first-order valence-corrected chi connectivity index (χ1v) is 9.85. The van der Waals surface area contributed by atoms with Gasteiger partial charge in [-0.05, 0) is 81.1 Å². The van der Waals surface area contributed by atoms with Crippen LogP contribution in [-0.4, -0.2) is 23.5 Å². The minimum Gasteiger partial charge on any atom is -0.487 e. The molecule has 0 saturated heterocycles. The average Bonchev–Trinajstić information content (AvgIpc) is 2.52. The van der Waals surface area contributed by atoms with Crippen LogP contribution in [0.4, 0.5) is 11.4 Å². The zero-order valence-electron chi connectivity index (χ0n) is 14.9. The number of amides is 1. The van der Waals surface area contributed by atoms with Crippen molar-refractivity contribution in [3.8, 4) is 5.75 Å². The van der Waals surface area contributed by atoms with Gasteiger partial charge in [0.2, 0.25) is 5.91 Å². The van der Waals surface area contributed by atoms with Crippen molar-refractivity contribution in [2.75, 3.05) is 17.2 Å². The van der Waals surface area contributed by atoms with Crippen LogP contribution in [0.25, 0.3) is 0 Å². The SMILES string of the molecule is CCNc1cc(C)cc(COc2c(Br)cc(NC(=O)CC(=O)O)cc2Br)c1. The van der Waals surface area contributed by atoms with Crippen LogP contribution in [0, 0.1) is 6.92 Å². The molecule has 0 heterocycles. The Balaban J connectivity index is 2.11. The highest BCUT2D eigenvalue weighted by atomic mass is 79.9. The van der Waals surface area contributed by atoms with E-state index < -0.39 is 18.3 Å². The van der Waals surface area contributed by atoms with Gasteiger partial charge in [0.1, 0.15) is 18.8 Å². The normalized spacial score (nSPS) is 10.4. The van der Waals surface area contributed by atoms with Crippen LogP contribution in [0.15, 0.2) is 39.3 Å². The van der Waals surface area contributed by atoms with Crippen molar-refractivity contribution < 1.29 is 19.4 Å². The molecule has 0 unspecified atom stereocenters. The number of benzene rings is 2. The molecule has 0 radical (unpaired) electrons. The molecule has 8 heteroatoms. The van der Waals surface area contributed by atoms with Crippen molar-refractivity contribution in [3.05, 3.63) is 50.4 Å². The van der Waals surface area contributed by atoms with Gasteiger partial charge in [0.25, 0.3) is 0 Å². The molecule has 27 heavy (non-hydrogen) atoms. The molecule has 0 aliphatic rings. The van der Waals surface area contributed by atoms with E-state index in [-0.39, 0.29) is 0 Å². The van der Waals surface area contributed by atoms with Crippen LogP contribution in [0.5, 0.6) is 5.75 Å². The number of halogens is 2. The first kappa shape index (κ1) is 21.2. The predicted molar refractivity (Wildman–Crippen MR) is 112 cm³/mol. The van der Waals surface area contributed by atoms with E-state index in [9.17, 15) is 9.59 Å². The van der Waals surface area contributed by atoms with Gasteiger partial charge in [0.05, 0.1) is 8.95 Å². The Hall–Kier alpha value is -2.06. The molecular weight excluding hydrogens is 480 g/mol. The fraction of sp³-hybridized carbons (Fsp3) is 0.263. The molecule has 6 nitrogen and oxygen atoms in total. The molecule has 0 aromatic heterocycles. The molecule has 0 spiro atoms. The third kappa shape index (κ3) is 6.55. The Bertz CT molecular complexity index is 833. The highest BCUT2D eigenvalue weighted by molar-refractivity contribution is 9.11. The van der Waals surface area contributed by atoms with Gasteiger partial charge in [0.15, 0.2) is 0 Å². The van der Waals surface area contributed by atoms with E-state index in [1.54, 1.807) is 12.1 Å². The van der Waals surface area contributed by atoms with E-state index in [1.165, 1.54) is 0 Å². The number of carbonyl (C=O) groups excluding carboxylic acids is 1. The predicted octanol–water partition coefficient (Wildman–Crippen LogP) is 4.94. The molecule has 0 atom stereocenters. The average molecular weight is 500 g/mol. The molecule has 0 saturated carbocycles. The van der Waals surface area contributed by atoms with Gasteiger partial charge in [-0.2, -0.15) is 0 Å². The van der Waals surface area contributed by atoms with Crippen molar-refractivity contribution in [1.29, 1.82) is 0 Å². The van der Waals surface area contributed by atoms with Gasteiger partial charge in [-0.25, -0.2) is 0 Å². The van der Waals surface area contributed by atoms with E-state index in [4.69, 9.17) is 9.84 Å². The van der Waals surface area contributed by atoms with E-state index in [1.807, 2.05) is 19.9 Å². The van der Waals surface area contributed by atoms with Crippen LogP contribution in [0.2, 0.25) is 0 Å². The maximum Gasteiger partial charge on any atom is 0.312 e. The molecule has 0 fully saturated rings. The minimum absolute atomic E-state index is 0.377. The number of nitrogens with one attached hydrogen (secondary N) is 2. The van der Waals surface area contributed by atoms with E-state index in [0.717, 1.165) is 23.4 Å². The van der Waals surface area contributed by atoms with Gasteiger partial charge in [0, 0.05) is 17.9 Å². The van der Waals surface area contributed by atoms with Crippen molar-refractivity contribution >= 4 is 55.1 Å². The lowest BCUT2D eigenvalue weighted by Crippen LogP contribution is -2.16. The Labute approximate surface area is 174 Å². The summed E-state index contributed by atoms with van der Waals surface area (Å²) in [5.74, 6) is -1.18. The summed E-state index contributed by atoms with van der Waals surface area (Å²) in [7, 11) is 0. The zero-order chi connectivity index (χ0) is 20.0. The van der Waals surface area contributed by atoms with E-state index >= 15 is 0 Å². The van der Waals surface area contributed by atoms with Gasteiger partial charge in [-0.3, -0.25) is 9.59 Å². The summed E-state index contributed by atoms with van der Waals surface area (Å²) >= 11 is 6.86. The Morgan fingerprint density at radius 3 is 2.33 bits per heavy atom. The summed E-state index contributed by atoms with van der Waals surface area (Å²) in [6, 6.07) is 9.51. The van der Waals surface area contributed by atoms with Crippen LogP contribution < -0.4 is 15.4 Å². The van der Waals surface area contributed by atoms with Gasteiger partial charge in [-0.1, -0.05) is 6.07 Å². The molecule has 0 aliphatic carbocycles. The number of aliphatic carboxylic acids is 1. The smallest absolute Gasteiger partial charge is 0.312 e. The van der Waals surface area contributed by atoms with Crippen LogP contribution in [0.3, 0.4) is 0 Å². The van der Waals surface area contributed by atoms with Gasteiger partial charge < -0.3 is 20.5 Å². The number of carbonyl (C=O) groups is 2. The van der Waals surface area contributed by atoms with Crippen LogP contribution in [-0.2, 0) is 16.2 Å². The molecule has 144 valence electrons. The quantitative estimate of drug-likeness (QED) is 0.447. The van der Waals surface area contributed by atoms with Crippen LogP contribution in [0.1, 0.15) is 24.5 Å². The summed E-state index contributed by atoms with van der Waals surface area (Å²) in [5, 5.41) is 14.5. The lowest BCUT2D eigenvalue weighted by atomic mass is 10.1. The molecule has 1 amide bonds. The third-order valence-electron chi connectivity index (χ3n) is 3.50. The molecule has 3 N–H and O–H groups in total. The zero-order valence-corrected chi connectivity index (χ0v) is 18.1. The lowest BCUT2D eigenvalue weighted by molar-refractivity contribution is -0.139. The topological polar surface area (TPSA) is 87.7 Å². The molecule has 0 aliphatic heterocycles. The maximum absolute atomic E-state index is 11.6. The Morgan fingerprint density at radius 2 is 1.74 bits per heavy atom. The number of anilines is 2. The van der Waals surface area contributed by atoms with Crippen molar-refractivity contribution in [3.63, 3.8) is 0 Å². The van der Waals surface area contributed by atoms with E-state index in [2.05, 4.69) is 54.6 Å².